The summed E-state index contributed by atoms with van der Waals surface area (Å²) in [6.07, 6.45) is 0.578. The van der Waals surface area contributed by atoms with E-state index in [0.717, 1.165) is 6.42 Å². The van der Waals surface area contributed by atoms with Crippen LogP contribution >= 0.6 is 0 Å². The number of phenolic OH excluding ortho intramolecular Hbond substituents is 2. The van der Waals surface area contributed by atoms with Gasteiger partial charge in [-0.2, -0.15) is 0 Å². The number of benzene rings is 2. The summed E-state index contributed by atoms with van der Waals surface area (Å²) in [6, 6.07) is 5.44. The first kappa shape index (κ1) is 29.7. The third-order valence-corrected chi connectivity index (χ3v) is 5.15. The van der Waals surface area contributed by atoms with Crippen LogP contribution in [0.1, 0.15) is 67.7 Å². The molecule has 2 aromatic carbocycles. The van der Waals surface area contributed by atoms with Gasteiger partial charge >= 0.3 is 0 Å². The van der Waals surface area contributed by atoms with Crippen molar-refractivity contribution < 1.29 is 49.0 Å². The number of hydrogen-bond acceptors (Lipinski definition) is 10. The zero-order valence-electron chi connectivity index (χ0n) is 21.7. The smallest absolute Gasteiger partial charge is 0.165 e. The number of carbonyl (C=O) groups excluding carboxylic acids is 2. The maximum Gasteiger partial charge on any atom is 0.165 e. The predicted octanol–water partition coefficient (Wildman–Crippen LogP) is 3.65. The molecule has 0 spiro atoms. The van der Waals surface area contributed by atoms with Gasteiger partial charge in [-0.3, -0.25) is 9.59 Å². The number of Topliss-reactive ketones (excluding diaryl/α,β-unsaturated/α-hetero) is 2. The lowest BCUT2D eigenvalue weighted by atomic mass is 10.1. The third kappa shape index (κ3) is 9.47. The van der Waals surface area contributed by atoms with E-state index in [9.17, 15) is 30.0 Å². The average molecular weight is 521 g/mol. The number of phenols is 2. The molecule has 204 valence electrons. The maximum atomic E-state index is 11.8. The Morgan fingerprint density at radius 1 is 0.649 bits per heavy atom. The number of ketones is 2. The van der Waals surface area contributed by atoms with Crippen LogP contribution in [0.3, 0.4) is 0 Å². The van der Waals surface area contributed by atoms with E-state index in [1.165, 1.54) is 38.1 Å². The number of rotatable bonds is 16. The Kier molecular flexibility index (Phi) is 11.5. The number of aromatic hydroxyl groups is 2. The van der Waals surface area contributed by atoms with Gasteiger partial charge in [0.25, 0.3) is 0 Å². The number of carbonyl (C=O) groups is 2. The van der Waals surface area contributed by atoms with Gasteiger partial charge in [0.1, 0.15) is 24.7 Å². The van der Waals surface area contributed by atoms with Gasteiger partial charge in [-0.25, -0.2) is 0 Å². The Morgan fingerprint density at radius 2 is 1.00 bits per heavy atom. The Bertz CT molecular complexity index is 978. The largest absolute Gasteiger partial charge is 0.507 e. The van der Waals surface area contributed by atoms with Gasteiger partial charge in [0.05, 0.1) is 36.5 Å². The number of aliphatic hydroxyl groups is 2. The molecule has 0 saturated heterocycles. The zero-order valence-corrected chi connectivity index (χ0v) is 21.7. The summed E-state index contributed by atoms with van der Waals surface area (Å²) in [5.74, 6) is -0.0504. The first-order chi connectivity index (χ1) is 17.5. The average Bonchev–Trinajstić information content (AvgIpc) is 2.81. The molecule has 2 unspecified atom stereocenters. The van der Waals surface area contributed by atoms with Crippen LogP contribution in [0.4, 0.5) is 0 Å². The fraction of sp³-hybridized carbons (Fsp3) is 0.481. The molecule has 0 heterocycles. The molecule has 0 aliphatic rings. The molecular formula is C27H36O10. The molecule has 2 rings (SSSR count). The summed E-state index contributed by atoms with van der Waals surface area (Å²) in [5.41, 5.74) is 0.223. The topological polar surface area (TPSA) is 152 Å². The summed E-state index contributed by atoms with van der Waals surface area (Å²) >= 11 is 0. The number of ether oxygens (including phenoxy) is 4. The molecule has 0 aromatic heterocycles. The van der Waals surface area contributed by atoms with Crippen molar-refractivity contribution in [1.29, 1.82) is 0 Å². The van der Waals surface area contributed by atoms with Gasteiger partial charge in [-0.1, -0.05) is 0 Å². The lowest BCUT2D eigenvalue weighted by Crippen LogP contribution is -2.14. The van der Waals surface area contributed by atoms with Crippen LogP contribution in [0.15, 0.2) is 24.3 Å². The number of unbranched alkanes of at least 4 members (excludes halogenated alkanes) is 2. The van der Waals surface area contributed by atoms with Crippen molar-refractivity contribution in [2.45, 2.75) is 59.2 Å². The quantitative estimate of drug-likeness (QED) is 0.191. The first-order valence-corrected chi connectivity index (χ1v) is 12.1. The van der Waals surface area contributed by atoms with E-state index >= 15 is 0 Å². The summed E-state index contributed by atoms with van der Waals surface area (Å²) in [6.45, 7) is 6.41. The Hall–Kier alpha value is -3.50. The highest BCUT2D eigenvalue weighted by molar-refractivity contribution is 5.98. The first-order valence-electron chi connectivity index (χ1n) is 12.1. The molecule has 0 fully saturated rings. The third-order valence-electron chi connectivity index (χ3n) is 5.15. The van der Waals surface area contributed by atoms with Gasteiger partial charge in [0.2, 0.25) is 0 Å². The van der Waals surface area contributed by atoms with Gasteiger partial charge in [0.15, 0.2) is 34.6 Å². The van der Waals surface area contributed by atoms with Gasteiger partial charge < -0.3 is 39.4 Å². The maximum absolute atomic E-state index is 11.8. The van der Waals surface area contributed by atoms with E-state index in [0.29, 0.717) is 37.6 Å². The van der Waals surface area contributed by atoms with E-state index in [1.807, 2.05) is 0 Å². The van der Waals surface area contributed by atoms with Gasteiger partial charge in [-0.15, -0.1) is 0 Å². The predicted molar refractivity (Wildman–Crippen MR) is 135 cm³/mol. The SMILES string of the molecule is CC(=O)c1cc(OCCCCCOc2cc(C(C)=O)c(O)cc2OCC(C)O)c(OCC(C)O)cc1O. The molecule has 2 aromatic rings. The van der Waals surface area contributed by atoms with Crippen molar-refractivity contribution in [2.75, 3.05) is 26.4 Å². The number of hydrogen-bond donors (Lipinski definition) is 4. The number of aliphatic hydroxyl groups excluding tert-OH is 2. The second-order valence-corrected chi connectivity index (χ2v) is 8.82. The van der Waals surface area contributed by atoms with Gasteiger partial charge in [-0.05, 0) is 59.1 Å². The second kappa shape index (κ2) is 14.3. The van der Waals surface area contributed by atoms with Crippen LogP contribution < -0.4 is 18.9 Å². The monoisotopic (exact) mass is 520 g/mol. The lowest BCUT2D eigenvalue weighted by Gasteiger charge is -2.16. The van der Waals surface area contributed by atoms with Crippen molar-refractivity contribution in [2.24, 2.45) is 0 Å². The lowest BCUT2D eigenvalue weighted by molar-refractivity contribution is 0.100. The molecule has 10 heteroatoms. The van der Waals surface area contributed by atoms with Crippen LogP contribution in [0, 0.1) is 0 Å². The second-order valence-electron chi connectivity index (χ2n) is 8.82. The molecule has 0 saturated carbocycles. The fourth-order valence-corrected chi connectivity index (χ4v) is 3.28. The van der Waals surface area contributed by atoms with Crippen LogP contribution in [-0.4, -0.2) is 70.6 Å². The summed E-state index contributed by atoms with van der Waals surface area (Å²) in [5, 5.41) is 39.1. The minimum Gasteiger partial charge on any atom is -0.507 e. The van der Waals surface area contributed by atoms with Crippen LogP contribution in [0.5, 0.6) is 34.5 Å². The Morgan fingerprint density at radius 3 is 1.32 bits per heavy atom. The van der Waals surface area contributed by atoms with Crippen molar-refractivity contribution in [3.8, 4) is 34.5 Å². The van der Waals surface area contributed by atoms with E-state index in [2.05, 4.69) is 0 Å². The fourth-order valence-electron chi connectivity index (χ4n) is 3.28. The van der Waals surface area contributed by atoms with Crippen molar-refractivity contribution in [3.63, 3.8) is 0 Å². The minimum absolute atomic E-state index is 0.00191. The summed E-state index contributed by atoms with van der Waals surface area (Å²) in [7, 11) is 0. The molecule has 10 nitrogen and oxygen atoms in total. The molecule has 0 aliphatic carbocycles. The highest BCUT2D eigenvalue weighted by Gasteiger charge is 2.17. The van der Waals surface area contributed by atoms with Crippen LogP contribution in [0.2, 0.25) is 0 Å². The molecule has 0 aliphatic heterocycles. The molecule has 0 bridgehead atoms. The standard InChI is InChI=1S/C27H36O10/c1-16(28)14-36-26-12-22(32)20(18(3)30)10-24(26)34-8-6-5-7-9-35-25-11-21(19(4)31)23(33)13-27(25)37-15-17(2)29/h10-13,16-17,28-29,32-33H,5-9,14-15H2,1-4H3. The summed E-state index contributed by atoms with van der Waals surface area (Å²) < 4.78 is 22.6. The highest BCUT2D eigenvalue weighted by Crippen LogP contribution is 2.36. The van der Waals surface area contributed by atoms with Gasteiger partial charge in [0, 0.05) is 12.1 Å². The normalized spacial score (nSPS) is 12.5. The van der Waals surface area contributed by atoms with Crippen LogP contribution in [-0.2, 0) is 0 Å². The van der Waals surface area contributed by atoms with Crippen molar-refractivity contribution >= 4 is 11.6 Å². The molecular weight excluding hydrogens is 484 g/mol. The van der Waals surface area contributed by atoms with E-state index in [-0.39, 0.29) is 58.9 Å². The molecule has 0 amide bonds. The van der Waals surface area contributed by atoms with E-state index in [1.54, 1.807) is 13.8 Å². The molecule has 4 N–H and O–H groups in total. The Labute approximate surface area is 216 Å². The van der Waals surface area contributed by atoms with Crippen LogP contribution in [0.25, 0.3) is 0 Å². The van der Waals surface area contributed by atoms with Crippen molar-refractivity contribution in [1.82, 2.24) is 0 Å². The zero-order chi connectivity index (χ0) is 27.5. The minimum atomic E-state index is -0.722. The highest BCUT2D eigenvalue weighted by atomic mass is 16.5. The molecule has 0 radical (unpaired) electrons. The Balaban J connectivity index is 1.92. The van der Waals surface area contributed by atoms with Crippen molar-refractivity contribution in [3.05, 3.63) is 35.4 Å². The summed E-state index contributed by atoms with van der Waals surface area (Å²) in [4.78, 5) is 23.5. The van der Waals surface area contributed by atoms with E-state index in [4.69, 9.17) is 18.9 Å². The van der Waals surface area contributed by atoms with E-state index < -0.39 is 12.2 Å². The molecule has 2 atom stereocenters. The molecule has 37 heavy (non-hydrogen) atoms.